The molecule has 3 N–H and O–H groups in total. The van der Waals surface area contributed by atoms with Crippen LogP contribution in [0.2, 0.25) is 0 Å². The zero-order valence-electron chi connectivity index (χ0n) is 17.3. The summed E-state index contributed by atoms with van der Waals surface area (Å²) in [6, 6.07) is 13.2. The van der Waals surface area contributed by atoms with E-state index in [1.54, 1.807) is 43.5 Å². The first kappa shape index (κ1) is 21.0. The van der Waals surface area contributed by atoms with E-state index in [1.807, 2.05) is 12.1 Å². The predicted octanol–water partition coefficient (Wildman–Crippen LogP) is 1.89. The fraction of sp³-hybridized carbons (Fsp3) is 0.227. The molecule has 10 heteroatoms. The Morgan fingerprint density at radius 1 is 1.12 bits per heavy atom. The molecule has 3 amide bonds. The number of carbonyl (C=O) groups excluding carboxylic acids is 3. The molecule has 1 atom stereocenters. The largest absolute Gasteiger partial charge is 0.496 e. The fourth-order valence-corrected chi connectivity index (χ4v) is 3.32. The third-order valence-electron chi connectivity index (χ3n) is 4.96. The van der Waals surface area contributed by atoms with Gasteiger partial charge in [0.2, 0.25) is 23.5 Å². The fourth-order valence-electron chi connectivity index (χ4n) is 3.32. The lowest BCUT2D eigenvalue weighted by atomic mass is 10.1. The smallest absolute Gasteiger partial charge is 0.254 e. The molecule has 2 aromatic carbocycles. The molecule has 0 saturated carbocycles. The highest BCUT2D eigenvalue weighted by atomic mass is 16.5. The van der Waals surface area contributed by atoms with E-state index < -0.39 is 6.04 Å². The van der Waals surface area contributed by atoms with Crippen molar-refractivity contribution in [3.63, 3.8) is 0 Å². The van der Waals surface area contributed by atoms with Crippen LogP contribution in [0.25, 0.3) is 11.4 Å². The Morgan fingerprint density at radius 2 is 1.88 bits per heavy atom. The topological polar surface area (TPSA) is 135 Å². The molecule has 3 aromatic rings. The maximum Gasteiger partial charge on any atom is 0.254 e. The minimum Gasteiger partial charge on any atom is -0.496 e. The number of benzene rings is 2. The summed E-state index contributed by atoms with van der Waals surface area (Å²) in [5.41, 5.74) is 1.51. The Morgan fingerprint density at radius 3 is 2.69 bits per heavy atom. The van der Waals surface area contributed by atoms with Gasteiger partial charge in [-0.25, -0.2) is 0 Å². The molecule has 0 fully saturated rings. The summed E-state index contributed by atoms with van der Waals surface area (Å²) in [4.78, 5) is 41.3. The average Bonchev–Trinajstić information content (AvgIpc) is 3.24. The quantitative estimate of drug-likeness (QED) is 0.516. The first-order valence-electron chi connectivity index (χ1n) is 9.98. The number of hydrogen-bond donors (Lipinski definition) is 3. The summed E-state index contributed by atoms with van der Waals surface area (Å²) in [5, 5.41) is 12.0. The molecule has 0 saturated heterocycles. The van der Waals surface area contributed by atoms with Gasteiger partial charge in [-0.05, 0) is 30.7 Å². The summed E-state index contributed by atoms with van der Waals surface area (Å²) in [5.74, 6) is 0.147. The van der Waals surface area contributed by atoms with Crippen LogP contribution in [-0.2, 0) is 16.1 Å². The van der Waals surface area contributed by atoms with Crippen LogP contribution < -0.4 is 20.7 Å². The van der Waals surface area contributed by atoms with E-state index in [0.717, 1.165) is 0 Å². The van der Waals surface area contributed by atoms with Crippen molar-refractivity contribution in [2.24, 2.45) is 0 Å². The van der Waals surface area contributed by atoms with Crippen LogP contribution >= 0.6 is 0 Å². The van der Waals surface area contributed by atoms with Crippen molar-refractivity contribution in [1.82, 2.24) is 20.8 Å². The second-order valence-electron chi connectivity index (χ2n) is 7.09. The molecule has 2 heterocycles. The molecule has 0 unspecified atom stereocenters. The molecule has 1 aromatic heterocycles. The van der Waals surface area contributed by atoms with Crippen LogP contribution in [0.15, 0.2) is 53.1 Å². The number of hydrogen-bond acceptors (Lipinski definition) is 7. The number of ether oxygens (including phenoxy) is 1. The monoisotopic (exact) mass is 435 g/mol. The first-order valence-corrected chi connectivity index (χ1v) is 9.98. The Labute approximate surface area is 183 Å². The number of nitrogens with one attached hydrogen (secondary N) is 3. The van der Waals surface area contributed by atoms with E-state index in [2.05, 4.69) is 26.1 Å². The van der Waals surface area contributed by atoms with Crippen molar-refractivity contribution in [2.75, 3.05) is 12.4 Å². The minimum absolute atomic E-state index is 0.0300. The van der Waals surface area contributed by atoms with E-state index in [4.69, 9.17) is 9.26 Å². The van der Waals surface area contributed by atoms with Gasteiger partial charge in [-0.3, -0.25) is 14.4 Å². The number of amides is 3. The van der Waals surface area contributed by atoms with Gasteiger partial charge in [0.15, 0.2) is 0 Å². The van der Waals surface area contributed by atoms with Crippen molar-refractivity contribution in [2.45, 2.75) is 25.4 Å². The van der Waals surface area contributed by atoms with Gasteiger partial charge < -0.3 is 25.2 Å². The van der Waals surface area contributed by atoms with Crippen molar-refractivity contribution in [3.8, 4) is 17.1 Å². The normalized spacial score (nSPS) is 15.2. The molecule has 32 heavy (non-hydrogen) atoms. The third kappa shape index (κ3) is 4.59. The number of carbonyl (C=O) groups is 3. The van der Waals surface area contributed by atoms with Gasteiger partial charge in [0, 0.05) is 6.42 Å². The van der Waals surface area contributed by atoms with E-state index in [-0.39, 0.29) is 43.0 Å². The number of anilines is 1. The second-order valence-corrected chi connectivity index (χ2v) is 7.09. The molecular formula is C22H21N5O5. The third-order valence-corrected chi connectivity index (χ3v) is 4.96. The molecule has 0 spiro atoms. The number of para-hydroxylation sites is 2. The highest BCUT2D eigenvalue weighted by Crippen LogP contribution is 2.27. The SMILES string of the molecule is COc1ccccc1-c1noc(CNC(=O)CC[C@@H]2NC(=O)c3ccccc3NC2=O)n1. The highest BCUT2D eigenvalue weighted by Gasteiger charge is 2.27. The van der Waals surface area contributed by atoms with Gasteiger partial charge in [0.1, 0.15) is 11.8 Å². The van der Waals surface area contributed by atoms with Crippen molar-refractivity contribution < 1.29 is 23.6 Å². The van der Waals surface area contributed by atoms with Gasteiger partial charge in [0.25, 0.3) is 5.91 Å². The van der Waals surface area contributed by atoms with Gasteiger partial charge in [-0.15, -0.1) is 0 Å². The molecular weight excluding hydrogens is 414 g/mol. The van der Waals surface area contributed by atoms with Crippen LogP contribution in [0.5, 0.6) is 5.75 Å². The molecule has 0 radical (unpaired) electrons. The predicted molar refractivity (Wildman–Crippen MR) is 114 cm³/mol. The average molecular weight is 435 g/mol. The number of rotatable bonds is 7. The lowest BCUT2D eigenvalue weighted by molar-refractivity contribution is -0.122. The van der Waals surface area contributed by atoms with Crippen molar-refractivity contribution in [1.29, 1.82) is 0 Å². The van der Waals surface area contributed by atoms with Gasteiger partial charge in [-0.2, -0.15) is 4.98 Å². The van der Waals surface area contributed by atoms with Gasteiger partial charge >= 0.3 is 0 Å². The summed E-state index contributed by atoms with van der Waals surface area (Å²) in [6.45, 7) is 0.0373. The molecule has 164 valence electrons. The summed E-state index contributed by atoms with van der Waals surface area (Å²) in [6.07, 6.45) is 0.176. The highest BCUT2D eigenvalue weighted by molar-refractivity contribution is 6.09. The molecule has 10 nitrogen and oxygen atoms in total. The zero-order chi connectivity index (χ0) is 22.5. The Hall–Kier alpha value is -4.21. The van der Waals surface area contributed by atoms with Crippen LogP contribution in [-0.4, -0.2) is 41.0 Å². The van der Waals surface area contributed by atoms with Gasteiger partial charge in [-0.1, -0.05) is 29.4 Å². The van der Waals surface area contributed by atoms with Crippen LogP contribution in [0.1, 0.15) is 29.1 Å². The molecule has 1 aliphatic heterocycles. The maximum atomic E-state index is 12.4. The number of methoxy groups -OCH3 is 1. The lowest BCUT2D eigenvalue weighted by Crippen LogP contribution is -2.42. The van der Waals surface area contributed by atoms with Crippen molar-refractivity contribution >= 4 is 23.4 Å². The number of nitrogens with zero attached hydrogens (tertiary/aromatic N) is 2. The molecule has 4 rings (SSSR count). The number of fused-ring (bicyclic) bond motifs is 1. The van der Waals surface area contributed by atoms with E-state index in [0.29, 0.717) is 28.4 Å². The maximum absolute atomic E-state index is 12.4. The molecule has 0 bridgehead atoms. The Bertz CT molecular complexity index is 1160. The minimum atomic E-state index is -0.818. The molecule has 0 aliphatic carbocycles. The van der Waals surface area contributed by atoms with E-state index >= 15 is 0 Å². The lowest BCUT2D eigenvalue weighted by Gasteiger charge is -2.14. The van der Waals surface area contributed by atoms with E-state index in [1.165, 1.54) is 0 Å². The van der Waals surface area contributed by atoms with Gasteiger partial charge in [0.05, 0.1) is 30.5 Å². The first-order chi connectivity index (χ1) is 15.5. The molecule has 1 aliphatic rings. The summed E-state index contributed by atoms with van der Waals surface area (Å²) < 4.78 is 10.5. The van der Waals surface area contributed by atoms with Crippen LogP contribution in [0.3, 0.4) is 0 Å². The van der Waals surface area contributed by atoms with Crippen molar-refractivity contribution in [3.05, 3.63) is 60.0 Å². The van der Waals surface area contributed by atoms with E-state index in [9.17, 15) is 14.4 Å². The summed E-state index contributed by atoms with van der Waals surface area (Å²) in [7, 11) is 1.55. The van der Waals surface area contributed by atoms with Crippen LogP contribution in [0, 0.1) is 0 Å². The standard InChI is InChI=1S/C22H21N5O5/c1-31-17-9-5-3-7-14(17)20-26-19(32-27-20)12-23-18(28)11-10-16-22(30)24-15-8-4-2-6-13(15)21(29)25-16/h2-9,16H,10-12H2,1H3,(H,23,28)(H,24,30)(H,25,29)/t16-/m0/s1. The Kier molecular flexibility index (Phi) is 6.11. The zero-order valence-corrected chi connectivity index (χ0v) is 17.3. The second kappa shape index (κ2) is 9.29. The number of aromatic nitrogens is 2. The Balaban J connectivity index is 1.30. The van der Waals surface area contributed by atoms with Crippen LogP contribution in [0.4, 0.5) is 5.69 Å². The summed E-state index contributed by atoms with van der Waals surface area (Å²) >= 11 is 0.